The molecule has 4 rings (SSSR count). The standard InChI is InChI=1S/C18H33P.C5H5.5CH3.ClH.Ru/c1-4-10-16(11-5-1)19(17-12-6-2-7-13-17)18-14-8-3-9-15-18;1-2-4-5-3-1;;;;;;;/h16-18H,1-15H2;1-3H,4H2;5*1H3;1H;/q;6*-1;;+1/p-1. The van der Waals surface area contributed by atoms with E-state index in [1.165, 1.54) is 36.2 Å². The number of rotatable bonds is 3. The summed E-state index contributed by atoms with van der Waals surface area (Å²) in [4.78, 5) is 0. The molecule has 0 atom stereocenters. The number of hydrogen-bond donors (Lipinski definition) is 0. The molecule has 4 aliphatic rings. The second kappa shape index (κ2) is 25.4. The van der Waals surface area contributed by atoms with Gasteiger partial charge in [0.25, 0.3) is 0 Å². The van der Waals surface area contributed by atoms with Crippen LogP contribution in [0.1, 0.15) is 103 Å². The van der Waals surface area contributed by atoms with Gasteiger partial charge in [-0.1, -0.05) is 65.7 Å². The van der Waals surface area contributed by atoms with Gasteiger partial charge in [-0.25, -0.2) is 12.2 Å². The first-order valence-electron chi connectivity index (χ1n) is 11.1. The van der Waals surface area contributed by atoms with E-state index in [4.69, 9.17) is 0 Å². The Morgan fingerprint density at radius 3 is 1.10 bits per heavy atom. The Bertz CT molecular complexity index is 339. The molecule has 0 radical (unpaired) electrons. The summed E-state index contributed by atoms with van der Waals surface area (Å²) in [6.45, 7) is 0. The van der Waals surface area contributed by atoms with Crippen molar-refractivity contribution in [1.82, 2.24) is 0 Å². The normalized spacial score (nSPS) is 20.7. The van der Waals surface area contributed by atoms with E-state index in [1.807, 2.05) is 29.5 Å². The van der Waals surface area contributed by atoms with Gasteiger partial charge in [0.05, 0.1) is 0 Å². The second-order valence-electron chi connectivity index (χ2n) is 8.33. The quantitative estimate of drug-likeness (QED) is 0.184. The Morgan fingerprint density at radius 2 is 0.903 bits per heavy atom. The van der Waals surface area contributed by atoms with Crippen LogP contribution in [-0.4, -0.2) is 17.0 Å². The fourth-order valence-corrected chi connectivity index (χ4v) is 10.0. The molecular weight excluding hydrogens is 504 g/mol. The topological polar surface area (TPSA) is 0 Å². The van der Waals surface area contributed by atoms with Crippen LogP contribution in [0.3, 0.4) is 0 Å². The molecule has 0 spiro atoms. The molecule has 0 unspecified atom stereocenters. The Balaban J connectivity index is -0.000000267. The van der Waals surface area contributed by atoms with Crippen LogP contribution in [0.25, 0.3) is 0 Å². The van der Waals surface area contributed by atoms with Crippen LogP contribution in [0.2, 0.25) is 0 Å². The molecule has 0 aromatic heterocycles. The van der Waals surface area contributed by atoms with Gasteiger partial charge < -0.3 is 37.1 Å². The molecule has 0 aromatic carbocycles. The van der Waals surface area contributed by atoms with Gasteiger partial charge in [0.15, 0.2) is 0 Å². The third-order valence-electron chi connectivity index (χ3n) is 6.57. The van der Waals surface area contributed by atoms with Crippen molar-refractivity contribution in [3.05, 3.63) is 61.4 Å². The molecule has 3 fully saturated rings. The molecule has 0 amide bonds. The van der Waals surface area contributed by atoms with Crippen LogP contribution >= 0.6 is 17.6 Å². The van der Waals surface area contributed by atoms with Crippen molar-refractivity contribution in [2.24, 2.45) is 0 Å². The Hall–Kier alpha value is 0.823. The van der Waals surface area contributed by atoms with Crippen LogP contribution in [0.4, 0.5) is 0 Å². The van der Waals surface area contributed by atoms with E-state index < -0.39 is 0 Å². The van der Waals surface area contributed by atoms with Crippen molar-refractivity contribution in [3.63, 3.8) is 0 Å². The molecule has 191 valence electrons. The van der Waals surface area contributed by atoms with Crippen molar-refractivity contribution >= 4 is 17.6 Å². The van der Waals surface area contributed by atoms with E-state index in [9.17, 15) is 0 Å². The van der Waals surface area contributed by atoms with Gasteiger partial charge in [-0.05, 0) is 55.5 Å². The molecule has 3 saturated carbocycles. The maximum atomic E-state index is 4.57. The summed E-state index contributed by atoms with van der Waals surface area (Å²) in [7, 11) is 4.95. The van der Waals surface area contributed by atoms with Crippen LogP contribution in [0, 0.1) is 43.2 Å². The first-order chi connectivity index (χ1) is 12.9. The average molecular weight is 557 g/mol. The maximum absolute atomic E-state index is 4.57. The predicted molar refractivity (Wildman–Crippen MR) is 147 cm³/mol. The van der Waals surface area contributed by atoms with Gasteiger partial charge in [0.2, 0.25) is 0 Å². The first-order valence-corrected chi connectivity index (χ1v) is 14.9. The molecule has 0 nitrogen and oxygen atoms in total. The molecule has 0 saturated heterocycles. The monoisotopic (exact) mass is 557 g/mol. The van der Waals surface area contributed by atoms with Gasteiger partial charge in [-0.3, -0.25) is 6.08 Å². The first kappa shape index (κ1) is 39.1. The third-order valence-corrected chi connectivity index (χ3v) is 10.7. The minimum absolute atomic E-state index is 0. The van der Waals surface area contributed by atoms with Crippen LogP contribution < -0.4 is 0 Å². The predicted octanol–water partition coefficient (Wildman–Crippen LogP) is 10.7. The fraction of sp³-hybridized carbons (Fsp3) is 0.679. The van der Waals surface area contributed by atoms with Gasteiger partial charge in [0, 0.05) is 0 Å². The molecule has 31 heavy (non-hydrogen) atoms. The molecule has 0 aliphatic heterocycles. The summed E-state index contributed by atoms with van der Waals surface area (Å²) in [6.07, 6.45) is 33.6. The van der Waals surface area contributed by atoms with E-state index in [2.05, 4.69) is 21.8 Å². The number of hydrogen-bond acceptors (Lipinski definition) is 0. The van der Waals surface area contributed by atoms with Crippen molar-refractivity contribution in [2.45, 2.75) is 120 Å². The zero-order chi connectivity index (χ0) is 18.5. The van der Waals surface area contributed by atoms with Crippen LogP contribution in [-0.2, 0) is 17.3 Å². The van der Waals surface area contributed by atoms with Gasteiger partial charge in [-0.2, -0.15) is 6.08 Å². The van der Waals surface area contributed by atoms with Crippen molar-refractivity contribution in [3.8, 4) is 0 Å². The molecule has 0 bridgehead atoms. The van der Waals surface area contributed by atoms with Gasteiger partial charge in [0.1, 0.15) is 0 Å². The summed E-state index contributed by atoms with van der Waals surface area (Å²) >= 11 is 1.82. The summed E-state index contributed by atoms with van der Waals surface area (Å²) in [5.74, 6) is 0. The van der Waals surface area contributed by atoms with E-state index in [-0.39, 0.29) is 37.1 Å². The molecular formula is C28H53ClPRu-6. The molecule has 0 N–H and O–H groups in total. The molecule has 0 aromatic rings. The average Bonchev–Trinajstić information content (AvgIpc) is 3.33. The zero-order valence-electron chi connectivity index (χ0n) is 21.5. The third kappa shape index (κ3) is 14.6. The second-order valence-corrected chi connectivity index (χ2v) is 11.4. The van der Waals surface area contributed by atoms with E-state index >= 15 is 0 Å². The Morgan fingerprint density at radius 1 is 0.581 bits per heavy atom. The minimum atomic E-state index is 0. The SMILES string of the molecule is C1CCC(P(C2CCCCC2)C2CCCCC2)CC1.[C-]1=CC=CC1.[CH3-].[CH3-].[CH3-].[CH3-].[CH3-].[Cl][Ru]. The number of halogens is 1. The molecule has 3 heteroatoms. The summed E-state index contributed by atoms with van der Waals surface area (Å²) in [6, 6.07) is 0. The Labute approximate surface area is 215 Å². The Kier molecular flexibility index (Phi) is 32.1. The van der Waals surface area contributed by atoms with E-state index in [0.29, 0.717) is 7.92 Å². The fourth-order valence-electron chi connectivity index (χ4n) is 5.37. The van der Waals surface area contributed by atoms with E-state index in [1.54, 1.807) is 77.0 Å². The van der Waals surface area contributed by atoms with Gasteiger partial charge in [-0.15, -0.1) is 6.42 Å². The van der Waals surface area contributed by atoms with E-state index in [0.717, 1.165) is 6.42 Å². The summed E-state index contributed by atoms with van der Waals surface area (Å²) in [5.41, 5.74) is 3.57. The zero-order valence-corrected chi connectivity index (χ0v) is 24.8. The van der Waals surface area contributed by atoms with Crippen LogP contribution in [0.5, 0.6) is 0 Å². The van der Waals surface area contributed by atoms with Crippen LogP contribution in [0.15, 0.2) is 18.2 Å². The van der Waals surface area contributed by atoms with Gasteiger partial charge >= 0.3 is 27.0 Å². The number of allylic oxidation sites excluding steroid dienone is 4. The molecule has 0 heterocycles. The molecule has 4 aliphatic carbocycles. The van der Waals surface area contributed by atoms with Crippen molar-refractivity contribution in [1.29, 1.82) is 0 Å². The van der Waals surface area contributed by atoms with Crippen molar-refractivity contribution < 1.29 is 17.3 Å². The summed E-state index contributed by atoms with van der Waals surface area (Å²) < 4.78 is 0. The summed E-state index contributed by atoms with van der Waals surface area (Å²) in [5, 5.41) is 0. The van der Waals surface area contributed by atoms with Crippen molar-refractivity contribution in [2.75, 3.05) is 0 Å².